The highest BCUT2D eigenvalue weighted by molar-refractivity contribution is 5.73. The summed E-state index contributed by atoms with van der Waals surface area (Å²) in [5.74, 6) is -0.175. The fourth-order valence-corrected chi connectivity index (χ4v) is 2.92. The topological polar surface area (TPSA) is 56.0 Å². The Kier molecular flexibility index (Phi) is 14.1. The molecule has 0 saturated heterocycles. The number of nitrogens with zero attached hydrogens (tertiary/aromatic N) is 1. The molecule has 1 heterocycles. The molecule has 26 heavy (non-hydrogen) atoms. The van der Waals surface area contributed by atoms with Gasteiger partial charge in [-0.2, -0.15) is 0 Å². The van der Waals surface area contributed by atoms with E-state index in [2.05, 4.69) is 41.4 Å². The van der Waals surface area contributed by atoms with Crippen molar-refractivity contribution in [1.82, 2.24) is 4.98 Å². The van der Waals surface area contributed by atoms with Crippen LogP contribution in [0.1, 0.15) is 82.6 Å². The number of pyridine rings is 1. The summed E-state index contributed by atoms with van der Waals surface area (Å²) in [7, 11) is 0. The molecule has 0 aliphatic rings. The number of aryl methyl sites for hydroxylation is 1. The minimum absolute atomic E-state index is 0.175. The Hall–Kier alpha value is -1.90. The first-order valence-corrected chi connectivity index (χ1v) is 10.3. The molecule has 0 radical (unpaired) electrons. The molecule has 0 aromatic carbocycles. The van der Waals surface area contributed by atoms with E-state index < -0.39 is 0 Å². The normalized spacial score (nSPS) is 11.5. The number of allylic oxidation sites excluding steroid dienone is 4. The van der Waals surface area contributed by atoms with E-state index >= 15 is 0 Å². The number of rotatable bonds is 16. The van der Waals surface area contributed by atoms with E-state index in [4.69, 9.17) is 5.73 Å². The van der Waals surface area contributed by atoms with Crippen LogP contribution in [0.15, 0.2) is 48.8 Å². The Morgan fingerprint density at radius 2 is 1.38 bits per heavy atom. The van der Waals surface area contributed by atoms with E-state index in [1.807, 2.05) is 12.4 Å². The highest BCUT2D eigenvalue weighted by atomic mass is 16.1. The van der Waals surface area contributed by atoms with Gasteiger partial charge in [0.05, 0.1) is 0 Å². The lowest BCUT2D eigenvalue weighted by molar-refractivity contribution is -0.118. The van der Waals surface area contributed by atoms with Crippen molar-refractivity contribution < 1.29 is 4.79 Å². The molecule has 2 N–H and O–H groups in total. The predicted molar refractivity (Wildman–Crippen MR) is 111 cm³/mol. The lowest BCUT2D eigenvalue weighted by Gasteiger charge is -1.99. The summed E-state index contributed by atoms with van der Waals surface area (Å²) >= 11 is 0. The van der Waals surface area contributed by atoms with Crippen molar-refractivity contribution in [3.63, 3.8) is 0 Å². The number of unbranched alkanes of at least 4 members (excludes halogenated alkanes) is 8. The van der Waals surface area contributed by atoms with Crippen LogP contribution in [-0.4, -0.2) is 10.9 Å². The summed E-state index contributed by atoms with van der Waals surface area (Å²) < 4.78 is 0. The van der Waals surface area contributed by atoms with Crippen LogP contribution in [0.4, 0.5) is 0 Å². The fraction of sp³-hybridized carbons (Fsp3) is 0.565. The molecule has 144 valence electrons. The summed E-state index contributed by atoms with van der Waals surface area (Å²) in [6.07, 6.45) is 27.6. The highest BCUT2D eigenvalue weighted by Crippen LogP contribution is 2.09. The lowest BCUT2D eigenvalue weighted by Crippen LogP contribution is -2.09. The molecule has 0 unspecified atom stereocenters. The van der Waals surface area contributed by atoms with Gasteiger partial charge in [-0.15, -0.1) is 0 Å². The molecule has 0 spiro atoms. The number of nitrogens with two attached hydrogens (primary N) is 1. The standard InChI is InChI=1S/C23H36N2O/c24-23(26)17-15-13-11-9-7-5-3-1-2-4-6-8-10-12-14-16-22-18-20-25-21-19-22/h1,3-4,6,18-21H,2,5,7-17H2,(H2,24,26)/b3-1-,6-4-. The number of primary amides is 1. The molecule has 1 amide bonds. The summed E-state index contributed by atoms with van der Waals surface area (Å²) in [5, 5.41) is 0. The van der Waals surface area contributed by atoms with Crippen LogP contribution in [0.2, 0.25) is 0 Å². The second kappa shape index (κ2) is 16.6. The largest absolute Gasteiger partial charge is 0.370 e. The van der Waals surface area contributed by atoms with Crippen molar-refractivity contribution in [3.05, 3.63) is 54.4 Å². The molecule has 1 aromatic heterocycles. The third-order valence-corrected chi connectivity index (χ3v) is 4.49. The summed E-state index contributed by atoms with van der Waals surface area (Å²) in [6, 6.07) is 4.21. The van der Waals surface area contributed by atoms with Gasteiger partial charge in [0, 0.05) is 18.8 Å². The van der Waals surface area contributed by atoms with Gasteiger partial charge in [0.15, 0.2) is 0 Å². The van der Waals surface area contributed by atoms with Gasteiger partial charge in [0.2, 0.25) is 5.91 Å². The van der Waals surface area contributed by atoms with Gasteiger partial charge in [-0.25, -0.2) is 0 Å². The van der Waals surface area contributed by atoms with Crippen molar-refractivity contribution in [1.29, 1.82) is 0 Å². The SMILES string of the molecule is NC(=O)CCCCCCC/C=C\C/C=C\CCCCCc1ccncc1. The molecular formula is C23H36N2O. The van der Waals surface area contributed by atoms with Crippen molar-refractivity contribution in [2.45, 2.75) is 83.5 Å². The molecular weight excluding hydrogens is 320 g/mol. The van der Waals surface area contributed by atoms with E-state index in [1.165, 1.54) is 63.4 Å². The first kappa shape index (κ1) is 22.1. The first-order valence-electron chi connectivity index (χ1n) is 10.3. The Bertz CT molecular complexity index is 508. The molecule has 0 bridgehead atoms. The van der Waals surface area contributed by atoms with Crippen molar-refractivity contribution in [2.75, 3.05) is 0 Å². The van der Waals surface area contributed by atoms with Gasteiger partial charge in [-0.05, 0) is 69.1 Å². The van der Waals surface area contributed by atoms with E-state index in [0.717, 1.165) is 19.3 Å². The molecule has 3 heteroatoms. The van der Waals surface area contributed by atoms with Crippen molar-refractivity contribution in [2.24, 2.45) is 5.73 Å². The summed E-state index contributed by atoms with van der Waals surface area (Å²) in [5.41, 5.74) is 6.51. The second-order valence-electron chi connectivity index (χ2n) is 6.91. The van der Waals surface area contributed by atoms with Crippen LogP contribution in [0.3, 0.4) is 0 Å². The molecule has 0 aliphatic heterocycles. The molecule has 0 atom stereocenters. The van der Waals surface area contributed by atoms with Gasteiger partial charge in [0.25, 0.3) is 0 Å². The third-order valence-electron chi connectivity index (χ3n) is 4.49. The monoisotopic (exact) mass is 356 g/mol. The molecule has 1 rings (SSSR count). The zero-order valence-corrected chi connectivity index (χ0v) is 16.2. The van der Waals surface area contributed by atoms with Crippen LogP contribution in [0.25, 0.3) is 0 Å². The maximum Gasteiger partial charge on any atom is 0.217 e. The number of carbonyl (C=O) groups is 1. The quantitative estimate of drug-likeness (QED) is 0.296. The van der Waals surface area contributed by atoms with Gasteiger partial charge in [-0.1, -0.05) is 50.0 Å². The predicted octanol–water partition coefficient (Wildman–Crippen LogP) is 5.90. The molecule has 0 aliphatic carbocycles. The number of hydrogen-bond acceptors (Lipinski definition) is 2. The van der Waals surface area contributed by atoms with E-state index in [1.54, 1.807) is 0 Å². The zero-order chi connectivity index (χ0) is 18.7. The van der Waals surface area contributed by atoms with E-state index in [-0.39, 0.29) is 5.91 Å². The number of aromatic nitrogens is 1. The average molecular weight is 357 g/mol. The maximum absolute atomic E-state index is 10.6. The number of amides is 1. The lowest BCUT2D eigenvalue weighted by atomic mass is 10.1. The fourth-order valence-electron chi connectivity index (χ4n) is 2.92. The molecule has 0 fully saturated rings. The minimum Gasteiger partial charge on any atom is -0.370 e. The molecule has 3 nitrogen and oxygen atoms in total. The Labute approximate surface area is 159 Å². The zero-order valence-electron chi connectivity index (χ0n) is 16.2. The Morgan fingerprint density at radius 1 is 0.808 bits per heavy atom. The Balaban J connectivity index is 1.82. The second-order valence-corrected chi connectivity index (χ2v) is 6.91. The summed E-state index contributed by atoms with van der Waals surface area (Å²) in [4.78, 5) is 14.7. The smallest absolute Gasteiger partial charge is 0.217 e. The van der Waals surface area contributed by atoms with Gasteiger partial charge in [-0.3, -0.25) is 9.78 Å². The number of carbonyl (C=O) groups excluding carboxylic acids is 1. The van der Waals surface area contributed by atoms with Crippen LogP contribution in [0, 0.1) is 0 Å². The molecule has 0 saturated carbocycles. The number of hydrogen-bond donors (Lipinski definition) is 1. The highest BCUT2D eigenvalue weighted by Gasteiger charge is 1.94. The van der Waals surface area contributed by atoms with Crippen molar-refractivity contribution in [3.8, 4) is 0 Å². The van der Waals surface area contributed by atoms with Gasteiger partial charge < -0.3 is 5.73 Å². The van der Waals surface area contributed by atoms with Crippen LogP contribution >= 0.6 is 0 Å². The molecule has 1 aromatic rings. The van der Waals surface area contributed by atoms with Crippen LogP contribution in [0.5, 0.6) is 0 Å². The van der Waals surface area contributed by atoms with E-state index in [9.17, 15) is 4.79 Å². The van der Waals surface area contributed by atoms with Gasteiger partial charge in [0.1, 0.15) is 0 Å². The van der Waals surface area contributed by atoms with Crippen LogP contribution in [-0.2, 0) is 11.2 Å². The minimum atomic E-state index is -0.175. The maximum atomic E-state index is 10.6. The van der Waals surface area contributed by atoms with Crippen molar-refractivity contribution >= 4 is 5.91 Å². The first-order chi connectivity index (χ1) is 12.8. The summed E-state index contributed by atoms with van der Waals surface area (Å²) in [6.45, 7) is 0. The van der Waals surface area contributed by atoms with Crippen LogP contribution < -0.4 is 5.73 Å². The van der Waals surface area contributed by atoms with E-state index in [0.29, 0.717) is 6.42 Å². The third kappa shape index (κ3) is 14.4. The average Bonchev–Trinajstić information content (AvgIpc) is 2.65. The van der Waals surface area contributed by atoms with Gasteiger partial charge >= 0.3 is 0 Å². The Morgan fingerprint density at radius 3 is 2.04 bits per heavy atom.